The van der Waals surface area contributed by atoms with Crippen molar-refractivity contribution in [1.82, 2.24) is 9.47 Å². The van der Waals surface area contributed by atoms with Gasteiger partial charge in [-0.25, -0.2) is 4.39 Å². The fourth-order valence-electron chi connectivity index (χ4n) is 4.59. The summed E-state index contributed by atoms with van der Waals surface area (Å²) < 4.78 is 15.5. The topological polar surface area (TPSA) is 74.6 Å². The van der Waals surface area contributed by atoms with Crippen molar-refractivity contribution in [1.29, 1.82) is 0 Å². The van der Waals surface area contributed by atoms with Gasteiger partial charge in [0.25, 0.3) is 11.5 Å². The number of carbonyl (C=O) groups excluding carboxylic acids is 1. The number of aromatic nitrogens is 1. The molecule has 2 aromatic heterocycles. The molecule has 1 atom stereocenters. The number of rotatable bonds is 5. The first kappa shape index (κ1) is 23.3. The number of carbonyl (C=O) groups is 1. The summed E-state index contributed by atoms with van der Waals surface area (Å²) in [7, 11) is 0. The number of amides is 1. The van der Waals surface area contributed by atoms with Crippen molar-refractivity contribution in [2.75, 3.05) is 18.5 Å². The lowest BCUT2D eigenvalue weighted by Gasteiger charge is -2.23. The minimum absolute atomic E-state index is 0.0926. The van der Waals surface area contributed by atoms with E-state index in [1.807, 2.05) is 31.2 Å². The summed E-state index contributed by atoms with van der Waals surface area (Å²) in [4.78, 5) is 29.5. The zero-order valence-corrected chi connectivity index (χ0v) is 20.4. The van der Waals surface area contributed by atoms with Crippen LogP contribution in [0.2, 0.25) is 0 Å². The van der Waals surface area contributed by atoms with E-state index in [1.165, 1.54) is 23.5 Å². The Morgan fingerprint density at radius 1 is 1.14 bits per heavy atom. The minimum Gasteiger partial charge on any atom is -0.394 e. The normalized spacial score (nSPS) is 15.7. The van der Waals surface area contributed by atoms with Crippen molar-refractivity contribution in [3.63, 3.8) is 0 Å². The number of hydrogen-bond donors (Lipinski definition) is 2. The van der Waals surface area contributed by atoms with Crippen LogP contribution in [0.5, 0.6) is 0 Å². The Hall–Kier alpha value is -3.49. The van der Waals surface area contributed by atoms with Crippen LogP contribution in [0.15, 0.2) is 59.4 Å². The van der Waals surface area contributed by atoms with Crippen LogP contribution in [0.25, 0.3) is 15.9 Å². The molecule has 6 nitrogen and oxygen atoms in total. The quantitative estimate of drug-likeness (QED) is 0.405. The molecule has 2 N–H and O–H groups in total. The largest absolute Gasteiger partial charge is 0.394 e. The number of pyridine rings is 1. The van der Waals surface area contributed by atoms with E-state index in [9.17, 15) is 19.1 Å². The van der Waals surface area contributed by atoms with Gasteiger partial charge in [0.2, 0.25) is 0 Å². The van der Waals surface area contributed by atoms with Crippen LogP contribution in [0.1, 0.15) is 33.6 Å². The summed E-state index contributed by atoms with van der Waals surface area (Å²) in [6, 6.07) is 15.3. The number of aryl methyl sites for hydroxylation is 2. The summed E-state index contributed by atoms with van der Waals surface area (Å²) in [5.41, 5.74) is 3.30. The Bertz CT molecular complexity index is 1480. The number of benzene rings is 2. The number of likely N-dealkylation sites (tertiary alicyclic amines) is 1. The van der Waals surface area contributed by atoms with E-state index < -0.39 is 0 Å². The molecular formula is C27H26FN3O3S. The van der Waals surface area contributed by atoms with Crippen molar-refractivity contribution in [2.45, 2.75) is 32.7 Å². The monoisotopic (exact) mass is 491 g/mol. The van der Waals surface area contributed by atoms with E-state index in [4.69, 9.17) is 0 Å². The highest BCUT2D eigenvalue weighted by Gasteiger charge is 2.32. The zero-order valence-electron chi connectivity index (χ0n) is 19.5. The molecule has 0 unspecified atom stereocenters. The molecule has 0 radical (unpaired) electrons. The number of halogens is 1. The van der Waals surface area contributed by atoms with Gasteiger partial charge in [-0.2, -0.15) is 0 Å². The standard InChI is InChI=1S/C27H26FN3O3S/c1-16-5-8-19(9-6-16)31-23(33)12-10-21-24(29-18-7-11-22(28)17(2)14-18)25(35-27(21)31)26(34)30-13-3-4-20(30)15-32/h5-12,14,20,29,32H,3-4,13,15H2,1-2H3/t20-/m1/s1. The van der Waals surface area contributed by atoms with Gasteiger partial charge in [-0.3, -0.25) is 14.2 Å². The van der Waals surface area contributed by atoms with Gasteiger partial charge in [-0.1, -0.05) is 17.7 Å². The number of fused-ring (bicyclic) bond motifs is 1. The third kappa shape index (κ3) is 4.24. The van der Waals surface area contributed by atoms with E-state index in [0.717, 1.165) is 23.8 Å². The van der Waals surface area contributed by atoms with E-state index in [0.29, 0.717) is 38.9 Å². The SMILES string of the molecule is Cc1ccc(-n2c(=O)ccc3c(Nc4ccc(F)c(C)c4)c(C(=O)N4CCC[C@@H]4CO)sc32)cc1. The predicted molar refractivity (Wildman–Crippen MR) is 138 cm³/mol. The lowest BCUT2D eigenvalue weighted by Crippen LogP contribution is -2.37. The Labute approximate surface area is 206 Å². The van der Waals surface area contributed by atoms with Crippen molar-refractivity contribution < 1.29 is 14.3 Å². The van der Waals surface area contributed by atoms with Crippen LogP contribution in [-0.2, 0) is 0 Å². The molecule has 3 heterocycles. The molecule has 1 amide bonds. The molecule has 0 saturated carbocycles. The highest BCUT2D eigenvalue weighted by molar-refractivity contribution is 7.21. The van der Waals surface area contributed by atoms with Crippen molar-refractivity contribution in [3.05, 3.63) is 86.8 Å². The second kappa shape index (κ2) is 9.28. The molecule has 4 aromatic rings. The fraction of sp³-hybridized carbons (Fsp3) is 0.259. The van der Waals surface area contributed by atoms with Gasteiger partial charge >= 0.3 is 0 Å². The maximum atomic E-state index is 13.9. The molecular weight excluding hydrogens is 465 g/mol. The average molecular weight is 492 g/mol. The van der Waals surface area contributed by atoms with Crippen LogP contribution in [-0.4, -0.2) is 39.7 Å². The Morgan fingerprint density at radius 2 is 1.91 bits per heavy atom. The minimum atomic E-state index is -0.307. The third-order valence-electron chi connectivity index (χ3n) is 6.50. The summed E-state index contributed by atoms with van der Waals surface area (Å²) in [5.74, 6) is -0.495. The Kier molecular flexibility index (Phi) is 6.17. The van der Waals surface area contributed by atoms with Crippen LogP contribution < -0.4 is 10.9 Å². The highest BCUT2D eigenvalue weighted by atomic mass is 32.1. The summed E-state index contributed by atoms with van der Waals surface area (Å²) in [5, 5.41) is 13.8. The average Bonchev–Trinajstić information content (AvgIpc) is 3.47. The lowest BCUT2D eigenvalue weighted by molar-refractivity contribution is 0.0683. The molecule has 8 heteroatoms. The van der Waals surface area contributed by atoms with Crippen molar-refractivity contribution in [2.24, 2.45) is 0 Å². The highest BCUT2D eigenvalue weighted by Crippen LogP contribution is 2.39. The first-order chi connectivity index (χ1) is 16.9. The van der Waals surface area contributed by atoms with E-state index in [-0.39, 0.29) is 29.9 Å². The molecule has 0 bridgehead atoms. The third-order valence-corrected chi connectivity index (χ3v) is 7.68. The number of thiophene rings is 1. The smallest absolute Gasteiger partial charge is 0.266 e. The number of anilines is 2. The molecule has 0 aliphatic carbocycles. The van der Waals surface area contributed by atoms with Gasteiger partial charge in [0.05, 0.1) is 24.0 Å². The lowest BCUT2D eigenvalue weighted by atomic mass is 10.1. The van der Waals surface area contributed by atoms with E-state index in [1.54, 1.807) is 34.6 Å². The summed E-state index contributed by atoms with van der Waals surface area (Å²) in [6.07, 6.45) is 1.58. The van der Waals surface area contributed by atoms with Gasteiger partial charge in [0, 0.05) is 23.7 Å². The number of aliphatic hydroxyl groups excluding tert-OH is 1. The maximum Gasteiger partial charge on any atom is 0.266 e. The second-order valence-electron chi connectivity index (χ2n) is 8.93. The van der Waals surface area contributed by atoms with E-state index >= 15 is 0 Å². The van der Waals surface area contributed by atoms with Gasteiger partial charge in [-0.05, 0) is 68.7 Å². The fourth-order valence-corrected chi connectivity index (χ4v) is 5.81. The predicted octanol–water partition coefficient (Wildman–Crippen LogP) is 5.15. The van der Waals surface area contributed by atoms with Crippen LogP contribution in [0.4, 0.5) is 15.8 Å². The Morgan fingerprint density at radius 3 is 2.63 bits per heavy atom. The molecule has 2 aromatic carbocycles. The molecule has 5 rings (SSSR count). The van der Waals surface area contributed by atoms with Gasteiger partial charge in [0.1, 0.15) is 15.5 Å². The first-order valence-electron chi connectivity index (χ1n) is 11.6. The summed E-state index contributed by atoms with van der Waals surface area (Å²) >= 11 is 1.25. The molecule has 35 heavy (non-hydrogen) atoms. The summed E-state index contributed by atoms with van der Waals surface area (Å²) in [6.45, 7) is 4.14. The number of nitrogens with zero attached hydrogens (tertiary/aromatic N) is 2. The first-order valence-corrected chi connectivity index (χ1v) is 12.4. The molecule has 180 valence electrons. The molecule has 1 aliphatic rings. The number of aliphatic hydroxyl groups is 1. The molecule has 1 aliphatic heterocycles. The molecule has 1 saturated heterocycles. The Balaban J connectivity index is 1.71. The number of nitrogens with one attached hydrogen (secondary N) is 1. The zero-order chi connectivity index (χ0) is 24.7. The van der Waals surface area contributed by atoms with Gasteiger partial charge in [0.15, 0.2) is 0 Å². The molecule has 1 fully saturated rings. The van der Waals surface area contributed by atoms with Crippen molar-refractivity contribution in [3.8, 4) is 5.69 Å². The maximum absolute atomic E-state index is 13.9. The molecule has 0 spiro atoms. The van der Waals surface area contributed by atoms with Gasteiger partial charge in [-0.15, -0.1) is 11.3 Å². The van der Waals surface area contributed by atoms with Crippen LogP contribution >= 0.6 is 11.3 Å². The number of hydrogen-bond acceptors (Lipinski definition) is 5. The van der Waals surface area contributed by atoms with Crippen LogP contribution in [0.3, 0.4) is 0 Å². The second-order valence-corrected chi connectivity index (χ2v) is 9.93. The van der Waals surface area contributed by atoms with Gasteiger partial charge < -0.3 is 15.3 Å². The van der Waals surface area contributed by atoms with Crippen LogP contribution in [0, 0.1) is 19.7 Å². The van der Waals surface area contributed by atoms with E-state index in [2.05, 4.69) is 5.32 Å². The van der Waals surface area contributed by atoms with Crippen molar-refractivity contribution >= 4 is 38.8 Å².